The molecule has 0 radical (unpaired) electrons. The molecule has 13 heteroatoms. The molecule has 2 fully saturated rings. The highest BCUT2D eigenvalue weighted by atomic mass is 32.1. The Kier molecular flexibility index (Phi) is 9.41. The van der Waals surface area contributed by atoms with Gasteiger partial charge in [-0.2, -0.15) is 0 Å². The quantitative estimate of drug-likeness (QED) is 0.314. The number of pyridine rings is 2. The second kappa shape index (κ2) is 13.5. The predicted octanol–water partition coefficient (Wildman–Crippen LogP) is 5.08. The highest BCUT2D eigenvalue weighted by Gasteiger charge is 2.61. The molecule has 3 aromatic heterocycles. The number of nitrogens with zero attached hydrogens (tertiary/aromatic N) is 3. The van der Waals surface area contributed by atoms with Crippen molar-refractivity contribution in [2.75, 3.05) is 6.54 Å². The van der Waals surface area contributed by atoms with Gasteiger partial charge in [-0.1, -0.05) is 31.1 Å². The van der Waals surface area contributed by atoms with Crippen LogP contribution in [-0.4, -0.2) is 79.7 Å². The molecule has 5 heterocycles. The Balaban J connectivity index is 1.31. The van der Waals surface area contributed by atoms with Crippen molar-refractivity contribution >= 4 is 45.4 Å². The van der Waals surface area contributed by atoms with E-state index in [0.717, 1.165) is 29.5 Å². The van der Waals surface area contributed by atoms with Gasteiger partial charge >= 0.3 is 12.1 Å². The minimum Gasteiger partial charge on any atom is -0.487 e. The largest absolute Gasteiger partial charge is 0.487 e. The summed E-state index contributed by atoms with van der Waals surface area (Å²) in [6.07, 6.45) is 8.02. The Morgan fingerprint density at radius 3 is 2.73 bits per heavy atom. The average molecular weight is 676 g/mol. The molecule has 254 valence electrons. The van der Waals surface area contributed by atoms with Crippen LogP contribution in [0.25, 0.3) is 21.6 Å². The first kappa shape index (κ1) is 33.4. The van der Waals surface area contributed by atoms with Gasteiger partial charge in [0.2, 0.25) is 11.8 Å². The van der Waals surface area contributed by atoms with Gasteiger partial charge in [-0.25, -0.2) is 14.6 Å². The van der Waals surface area contributed by atoms with E-state index < -0.39 is 53.2 Å². The summed E-state index contributed by atoms with van der Waals surface area (Å²) in [6, 6.07) is 7.30. The molecule has 1 saturated carbocycles. The number of carbonyl (C=O) groups is 4. The standard InChI is InChI=1S/C35H41N5O7S/c1-34(2,3)47-33(45)38-25-13-8-6-4-5-7-11-21-19-35(21,32(43)44)39-30(41)27-17-22(20-40(27)31(25)42)46-28-18-26(23-12-9-10-15-36-23)37-24-14-16-48-29(24)28/h7,9-12,14-16,18,21-22,25,27H,4-6,8,13,17,19-20H2,1-3H3,(H,38,45)(H,39,41)(H,43,44)/b11-7-/t21-,22-,25?,27+,35-/m1/s1. The maximum atomic E-state index is 14.3. The van der Waals surface area contributed by atoms with Gasteiger partial charge in [0, 0.05) is 24.6 Å². The van der Waals surface area contributed by atoms with Gasteiger partial charge in [0.1, 0.15) is 35.1 Å². The second-order valence-corrected chi connectivity index (χ2v) is 14.6. The minimum atomic E-state index is -1.43. The van der Waals surface area contributed by atoms with Crippen LogP contribution in [-0.2, 0) is 19.1 Å². The summed E-state index contributed by atoms with van der Waals surface area (Å²) in [6.45, 7) is 5.29. The third-order valence-electron chi connectivity index (χ3n) is 8.91. The number of hydrogen-bond acceptors (Lipinski definition) is 9. The number of aromatic nitrogens is 2. The molecule has 0 bridgehead atoms. The summed E-state index contributed by atoms with van der Waals surface area (Å²) in [5.41, 5.74) is -0.172. The number of carboxylic acid groups (broad SMARTS) is 1. The lowest BCUT2D eigenvalue weighted by molar-refractivity contribution is -0.145. The SMILES string of the molecule is CC(C)(C)OC(=O)NC1CCCCC/C=C\[C@@H]2C[C@@]2(C(=O)O)NC(=O)[C@@H]2C[C@@H](Oc3cc(-c4ccccn4)nc4ccsc34)CN2C1=O. The predicted molar refractivity (Wildman–Crippen MR) is 179 cm³/mol. The van der Waals surface area contributed by atoms with Crippen molar-refractivity contribution in [2.45, 2.75) is 95.0 Å². The van der Waals surface area contributed by atoms with Crippen molar-refractivity contribution in [1.82, 2.24) is 25.5 Å². The van der Waals surface area contributed by atoms with Gasteiger partial charge in [-0.15, -0.1) is 11.3 Å². The molecule has 3 aromatic rings. The Hall–Kier alpha value is -4.52. The van der Waals surface area contributed by atoms with E-state index in [1.54, 1.807) is 27.0 Å². The van der Waals surface area contributed by atoms with E-state index in [9.17, 15) is 24.3 Å². The summed E-state index contributed by atoms with van der Waals surface area (Å²) in [5.74, 6) is -1.90. The van der Waals surface area contributed by atoms with Crippen LogP contribution in [0.15, 0.2) is 54.1 Å². The van der Waals surface area contributed by atoms with Gasteiger partial charge in [0.05, 0.1) is 28.1 Å². The molecule has 3 N–H and O–H groups in total. The number of hydrogen-bond donors (Lipinski definition) is 3. The molecule has 12 nitrogen and oxygen atoms in total. The van der Waals surface area contributed by atoms with E-state index in [0.29, 0.717) is 30.0 Å². The molecule has 1 unspecified atom stereocenters. The summed E-state index contributed by atoms with van der Waals surface area (Å²) in [5, 5.41) is 17.6. The molecular weight excluding hydrogens is 634 g/mol. The molecule has 1 saturated heterocycles. The Morgan fingerprint density at radius 1 is 1.15 bits per heavy atom. The summed E-state index contributed by atoms with van der Waals surface area (Å²) in [7, 11) is 0. The first-order chi connectivity index (χ1) is 22.9. The van der Waals surface area contributed by atoms with Crippen molar-refractivity contribution in [3.63, 3.8) is 0 Å². The highest BCUT2D eigenvalue weighted by molar-refractivity contribution is 7.17. The van der Waals surface area contributed by atoms with Crippen molar-refractivity contribution < 1.29 is 33.8 Å². The van der Waals surface area contributed by atoms with E-state index in [1.807, 2.05) is 47.9 Å². The number of ether oxygens (including phenoxy) is 2. The number of carbonyl (C=O) groups excluding carboxylic acids is 3. The van der Waals surface area contributed by atoms with Crippen LogP contribution in [0.1, 0.15) is 65.7 Å². The number of fused-ring (bicyclic) bond motifs is 3. The third-order valence-corrected chi connectivity index (χ3v) is 9.83. The molecule has 3 amide bonds. The van der Waals surface area contributed by atoms with Crippen LogP contribution in [0.3, 0.4) is 0 Å². The zero-order chi connectivity index (χ0) is 34.1. The molecule has 5 atom stereocenters. The van der Waals surface area contributed by atoms with Gasteiger partial charge in [0.25, 0.3) is 0 Å². The number of aliphatic carboxylic acids is 1. The monoisotopic (exact) mass is 675 g/mol. The third kappa shape index (κ3) is 7.30. The smallest absolute Gasteiger partial charge is 0.408 e. The first-order valence-electron chi connectivity index (χ1n) is 16.4. The van der Waals surface area contributed by atoms with E-state index in [2.05, 4.69) is 15.6 Å². The average Bonchev–Trinajstić information content (AvgIpc) is 3.33. The molecule has 2 aliphatic heterocycles. The van der Waals surface area contributed by atoms with E-state index in [4.69, 9.17) is 14.5 Å². The van der Waals surface area contributed by atoms with Gasteiger partial charge < -0.3 is 30.1 Å². The highest BCUT2D eigenvalue weighted by Crippen LogP contribution is 2.45. The lowest BCUT2D eigenvalue weighted by Gasteiger charge is -2.30. The topological polar surface area (TPSA) is 160 Å². The molecule has 0 spiro atoms. The number of amides is 3. The maximum absolute atomic E-state index is 14.3. The first-order valence-corrected chi connectivity index (χ1v) is 17.3. The van der Waals surface area contributed by atoms with Crippen molar-refractivity contribution in [3.05, 3.63) is 54.1 Å². The molecule has 3 aliphatic rings. The van der Waals surface area contributed by atoms with Gasteiger partial charge in [0.15, 0.2) is 0 Å². The normalized spacial score (nSPS) is 27.1. The second-order valence-electron chi connectivity index (χ2n) is 13.7. The van der Waals surface area contributed by atoms with Gasteiger partial charge in [-0.05, 0) is 70.0 Å². The number of thiophene rings is 1. The van der Waals surface area contributed by atoms with E-state index in [-0.39, 0.29) is 25.3 Å². The lowest BCUT2D eigenvalue weighted by atomic mass is 10.0. The molecule has 0 aromatic carbocycles. The molecular formula is C35H41N5O7S. The zero-order valence-corrected chi connectivity index (χ0v) is 28.1. The molecule has 48 heavy (non-hydrogen) atoms. The number of alkyl carbamates (subject to hydrolysis) is 1. The Morgan fingerprint density at radius 2 is 1.98 bits per heavy atom. The lowest BCUT2D eigenvalue weighted by Crippen LogP contribution is -2.56. The zero-order valence-electron chi connectivity index (χ0n) is 27.3. The fourth-order valence-corrected chi connectivity index (χ4v) is 7.23. The van der Waals surface area contributed by atoms with Crippen LogP contribution >= 0.6 is 11.3 Å². The van der Waals surface area contributed by atoms with E-state index in [1.165, 1.54) is 16.2 Å². The van der Waals surface area contributed by atoms with E-state index >= 15 is 0 Å². The number of rotatable bonds is 5. The van der Waals surface area contributed by atoms with Crippen molar-refractivity contribution in [2.24, 2.45) is 5.92 Å². The Bertz CT molecular complexity index is 1720. The number of carboxylic acids is 1. The Labute approximate surface area is 282 Å². The summed E-state index contributed by atoms with van der Waals surface area (Å²) < 4.78 is 12.9. The number of nitrogens with one attached hydrogen (secondary N) is 2. The van der Waals surface area contributed by atoms with Crippen LogP contribution < -0.4 is 15.4 Å². The maximum Gasteiger partial charge on any atom is 0.408 e. The van der Waals surface area contributed by atoms with Crippen LogP contribution in [0.4, 0.5) is 4.79 Å². The van der Waals surface area contributed by atoms with Crippen LogP contribution in [0.5, 0.6) is 5.75 Å². The fourth-order valence-electron chi connectivity index (χ4n) is 6.44. The van der Waals surface area contributed by atoms with Crippen molar-refractivity contribution in [3.8, 4) is 17.1 Å². The van der Waals surface area contributed by atoms with Crippen molar-refractivity contribution in [1.29, 1.82) is 0 Å². The van der Waals surface area contributed by atoms with Gasteiger partial charge in [-0.3, -0.25) is 14.6 Å². The summed E-state index contributed by atoms with van der Waals surface area (Å²) in [4.78, 5) is 64.2. The molecule has 1 aliphatic carbocycles. The fraction of sp³-hybridized carbons (Fsp3) is 0.486. The van der Waals surface area contributed by atoms with Crippen LogP contribution in [0, 0.1) is 5.92 Å². The minimum absolute atomic E-state index is 0.0565. The number of allylic oxidation sites excluding steroid dienone is 1. The summed E-state index contributed by atoms with van der Waals surface area (Å²) >= 11 is 1.47. The molecule has 6 rings (SSSR count). The van der Waals surface area contributed by atoms with Crippen LogP contribution in [0.2, 0.25) is 0 Å².